The third-order valence-corrected chi connectivity index (χ3v) is 1.76. The van der Waals surface area contributed by atoms with Crippen LogP contribution >= 0.6 is 0 Å². The highest BCUT2D eigenvalue weighted by Crippen LogP contribution is 2.38. The van der Waals surface area contributed by atoms with Gasteiger partial charge in [0.25, 0.3) is 0 Å². The monoisotopic (exact) mass is 220 g/mol. The third kappa shape index (κ3) is 3.08. The molecule has 1 aromatic carbocycles. The molecule has 0 aliphatic heterocycles. The van der Waals surface area contributed by atoms with E-state index in [1.807, 2.05) is 27.7 Å². The number of aromatic hydroxyl groups is 2. The van der Waals surface area contributed by atoms with Crippen molar-refractivity contribution >= 4 is 22.8 Å². The second kappa shape index (κ2) is 4.79. The predicted molar refractivity (Wildman–Crippen MR) is 66.7 cm³/mol. The van der Waals surface area contributed by atoms with Gasteiger partial charge in [-0.15, -0.1) is 0 Å². The van der Waals surface area contributed by atoms with Crippen LogP contribution in [0.5, 0.6) is 11.5 Å². The van der Waals surface area contributed by atoms with Crippen molar-refractivity contribution < 1.29 is 10.2 Å². The van der Waals surface area contributed by atoms with Crippen LogP contribution in [0.2, 0.25) is 0 Å². The summed E-state index contributed by atoms with van der Waals surface area (Å²) in [5.74, 6) is 0.0259. The number of phenols is 2. The van der Waals surface area contributed by atoms with Crippen LogP contribution in [0.15, 0.2) is 22.1 Å². The first-order valence-electron chi connectivity index (χ1n) is 5.00. The Morgan fingerprint density at radius 1 is 0.812 bits per heavy atom. The lowest BCUT2D eigenvalue weighted by Crippen LogP contribution is -1.82. The molecule has 86 valence electrons. The van der Waals surface area contributed by atoms with Gasteiger partial charge in [-0.2, -0.15) is 0 Å². The molecule has 0 aliphatic carbocycles. The van der Waals surface area contributed by atoms with E-state index in [2.05, 4.69) is 9.98 Å². The van der Waals surface area contributed by atoms with Crippen LogP contribution in [-0.4, -0.2) is 21.6 Å². The van der Waals surface area contributed by atoms with Crippen molar-refractivity contribution in [2.75, 3.05) is 0 Å². The van der Waals surface area contributed by atoms with Gasteiger partial charge in [0.2, 0.25) is 0 Å². The van der Waals surface area contributed by atoms with Crippen LogP contribution in [0.25, 0.3) is 0 Å². The van der Waals surface area contributed by atoms with Crippen LogP contribution < -0.4 is 0 Å². The maximum Gasteiger partial charge on any atom is 0.143 e. The van der Waals surface area contributed by atoms with Gasteiger partial charge < -0.3 is 10.2 Å². The lowest BCUT2D eigenvalue weighted by atomic mass is 10.2. The number of hydrogen-bond donors (Lipinski definition) is 2. The van der Waals surface area contributed by atoms with Gasteiger partial charge in [-0.25, -0.2) is 0 Å². The van der Waals surface area contributed by atoms with Gasteiger partial charge >= 0.3 is 0 Å². The molecule has 4 nitrogen and oxygen atoms in total. The Morgan fingerprint density at radius 2 is 1.12 bits per heavy atom. The van der Waals surface area contributed by atoms with Crippen LogP contribution in [0.1, 0.15) is 27.7 Å². The lowest BCUT2D eigenvalue weighted by molar-refractivity contribution is 0.463. The number of phenolic OH excluding ortho intramolecular Hbond substituents is 2. The Balaban J connectivity index is 3.27. The first-order valence-corrected chi connectivity index (χ1v) is 5.00. The van der Waals surface area contributed by atoms with E-state index in [9.17, 15) is 10.2 Å². The average molecular weight is 220 g/mol. The Bertz CT molecular complexity index is 411. The quantitative estimate of drug-likeness (QED) is 0.593. The topological polar surface area (TPSA) is 65.2 Å². The van der Waals surface area contributed by atoms with Gasteiger partial charge in [0.05, 0.1) is 0 Å². The molecular formula is C12H16N2O2. The fraction of sp³-hybridized carbons (Fsp3) is 0.333. The molecular weight excluding hydrogens is 204 g/mol. The molecule has 4 heteroatoms. The number of rotatable bonds is 2. The Kier molecular flexibility index (Phi) is 3.66. The number of aliphatic imine (C=N–C) groups is 2. The van der Waals surface area contributed by atoms with Crippen LogP contribution in [0.3, 0.4) is 0 Å². The van der Waals surface area contributed by atoms with E-state index in [0.29, 0.717) is 11.4 Å². The van der Waals surface area contributed by atoms with E-state index in [0.717, 1.165) is 11.4 Å². The summed E-state index contributed by atoms with van der Waals surface area (Å²) in [6, 6.07) is 2.81. The van der Waals surface area contributed by atoms with Crippen molar-refractivity contribution in [3.05, 3.63) is 12.1 Å². The maximum absolute atomic E-state index is 9.69. The van der Waals surface area contributed by atoms with Crippen LogP contribution in [-0.2, 0) is 0 Å². The fourth-order valence-corrected chi connectivity index (χ4v) is 1.22. The van der Waals surface area contributed by atoms with Gasteiger partial charge in [-0.05, 0) is 27.7 Å². The highest BCUT2D eigenvalue weighted by molar-refractivity contribution is 5.85. The van der Waals surface area contributed by atoms with Crippen molar-refractivity contribution in [1.82, 2.24) is 0 Å². The van der Waals surface area contributed by atoms with Gasteiger partial charge in [-0.1, -0.05) is 0 Å². The first-order chi connectivity index (χ1) is 7.40. The van der Waals surface area contributed by atoms with Gasteiger partial charge in [-0.3, -0.25) is 9.98 Å². The zero-order chi connectivity index (χ0) is 12.3. The second-order valence-electron chi connectivity index (χ2n) is 3.95. The number of hydrogen-bond acceptors (Lipinski definition) is 4. The molecule has 1 aromatic rings. The predicted octanol–water partition coefficient (Wildman–Crippen LogP) is 3.32. The molecule has 2 N–H and O–H groups in total. The van der Waals surface area contributed by atoms with Crippen molar-refractivity contribution in [2.24, 2.45) is 9.98 Å². The average Bonchev–Trinajstić information content (AvgIpc) is 2.11. The minimum absolute atomic E-state index is 0.0130. The van der Waals surface area contributed by atoms with E-state index in [4.69, 9.17) is 0 Å². The summed E-state index contributed by atoms with van der Waals surface area (Å²) in [5.41, 5.74) is 2.31. The maximum atomic E-state index is 9.69. The van der Waals surface area contributed by atoms with Crippen LogP contribution in [0.4, 0.5) is 11.4 Å². The second-order valence-corrected chi connectivity index (χ2v) is 3.95. The summed E-state index contributed by atoms with van der Waals surface area (Å²) >= 11 is 0. The van der Waals surface area contributed by atoms with Gasteiger partial charge in [0, 0.05) is 23.6 Å². The van der Waals surface area contributed by atoms with Crippen molar-refractivity contribution in [2.45, 2.75) is 27.7 Å². The summed E-state index contributed by atoms with van der Waals surface area (Å²) in [7, 11) is 0. The van der Waals surface area contributed by atoms with E-state index in [1.165, 1.54) is 12.1 Å². The Hall–Kier alpha value is -1.84. The molecule has 0 heterocycles. The lowest BCUT2D eigenvalue weighted by Gasteiger charge is -2.04. The molecule has 0 atom stereocenters. The fourth-order valence-electron chi connectivity index (χ4n) is 1.22. The molecule has 1 rings (SSSR count). The molecule has 0 spiro atoms. The van der Waals surface area contributed by atoms with Gasteiger partial charge in [0.15, 0.2) is 0 Å². The van der Waals surface area contributed by atoms with Crippen molar-refractivity contribution in [3.8, 4) is 11.5 Å². The van der Waals surface area contributed by atoms with E-state index in [1.54, 1.807) is 0 Å². The van der Waals surface area contributed by atoms with E-state index < -0.39 is 0 Å². The molecule has 0 aromatic heterocycles. The zero-order valence-corrected chi connectivity index (χ0v) is 9.94. The molecule has 0 fully saturated rings. The first kappa shape index (κ1) is 12.2. The third-order valence-electron chi connectivity index (χ3n) is 1.76. The molecule has 0 aliphatic rings. The molecule has 0 saturated heterocycles. The Labute approximate surface area is 95.0 Å². The molecule has 0 bridgehead atoms. The highest BCUT2D eigenvalue weighted by atomic mass is 16.3. The zero-order valence-electron chi connectivity index (χ0n) is 9.94. The van der Waals surface area contributed by atoms with Gasteiger partial charge in [0.1, 0.15) is 22.9 Å². The molecule has 16 heavy (non-hydrogen) atoms. The highest BCUT2D eigenvalue weighted by Gasteiger charge is 2.07. The SMILES string of the molecule is CC(C)=Nc1cc(O)c(N=C(C)C)cc1O. The minimum Gasteiger partial charge on any atom is -0.506 e. The molecule has 0 radical (unpaired) electrons. The Morgan fingerprint density at radius 3 is 1.38 bits per heavy atom. The van der Waals surface area contributed by atoms with E-state index in [-0.39, 0.29) is 11.5 Å². The van der Waals surface area contributed by atoms with Crippen molar-refractivity contribution in [3.63, 3.8) is 0 Å². The van der Waals surface area contributed by atoms with E-state index >= 15 is 0 Å². The summed E-state index contributed by atoms with van der Waals surface area (Å²) in [5, 5.41) is 19.4. The number of benzene rings is 1. The number of nitrogens with zero attached hydrogens (tertiary/aromatic N) is 2. The van der Waals surface area contributed by atoms with Crippen LogP contribution in [0, 0.1) is 0 Å². The summed E-state index contributed by atoms with van der Waals surface area (Å²) in [4.78, 5) is 8.20. The summed E-state index contributed by atoms with van der Waals surface area (Å²) in [6.07, 6.45) is 0. The normalized spacial score (nSPS) is 9.75. The molecule has 0 unspecified atom stereocenters. The summed E-state index contributed by atoms with van der Waals surface area (Å²) in [6.45, 7) is 7.27. The molecule has 0 saturated carbocycles. The standard InChI is InChI=1S/C12H16N2O2/c1-7(2)13-9-5-12(16)10(6-11(9)15)14-8(3)4/h5-6,15-16H,1-4H3. The smallest absolute Gasteiger partial charge is 0.143 e. The van der Waals surface area contributed by atoms with Crippen molar-refractivity contribution in [1.29, 1.82) is 0 Å². The summed E-state index contributed by atoms with van der Waals surface area (Å²) < 4.78 is 0. The molecule has 0 amide bonds. The largest absolute Gasteiger partial charge is 0.506 e. The minimum atomic E-state index is 0.0130.